The van der Waals surface area contributed by atoms with Crippen molar-refractivity contribution in [2.75, 3.05) is 0 Å². The van der Waals surface area contributed by atoms with E-state index < -0.39 is 0 Å². The second-order valence-electron chi connectivity index (χ2n) is 4.38. The van der Waals surface area contributed by atoms with Gasteiger partial charge in [0.1, 0.15) is 5.65 Å². The van der Waals surface area contributed by atoms with Crippen molar-refractivity contribution in [3.8, 4) is 11.1 Å². The number of rotatable bonds is 1. The monoisotopic (exact) mass is 233 g/mol. The second-order valence-corrected chi connectivity index (χ2v) is 4.38. The fourth-order valence-corrected chi connectivity index (χ4v) is 2.43. The van der Waals surface area contributed by atoms with Crippen molar-refractivity contribution in [3.63, 3.8) is 0 Å². The first-order chi connectivity index (χ1) is 8.92. The summed E-state index contributed by atoms with van der Waals surface area (Å²) in [7, 11) is 0. The molecule has 86 valence electrons. The number of hydrogen-bond acceptors (Lipinski definition) is 1. The van der Waals surface area contributed by atoms with Crippen LogP contribution in [0.15, 0.2) is 55.0 Å². The van der Waals surface area contributed by atoms with Gasteiger partial charge in [0.15, 0.2) is 0 Å². The molecule has 0 atom stereocenters. The van der Waals surface area contributed by atoms with Gasteiger partial charge in [0.25, 0.3) is 0 Å². The first kappa shape index (κ1) is 9.48. The third kappa shape index (κ3) is 1.27. The Balaban J connectivity index is 2.03. The number of benzene rings is 1. The molecule has 0 saturated carbocycles. The summed E-state index contributed by atoms with van der Waals surface area (Å²) in [6.07, 6.45) is 5.73. The molecule has 0 spiro atoms. The molecule has 3 heteroatoms. The topological polar surface area (TPSA) is 44.5 Å². The second kappa shape index (κ2) is 3.47. The molecule has 4 aromatic rings. The van der Waals surface area contributed by atoms with E-state index >= 15 is 0 Å². The molecule has 0 saturated heterocycles. The Morgan fingerprint density at radius 3 is 2.83 bits per heavy atom. The normalized spacial score (nSPS) is 11.3. The van der Waals surface area contributed by atoms with Gasteiger partial charge in [-0.3, -0.25) is 0 Å². The summed E-state index contributed by atoms with van der Waals surface area (Å²) >= 11 is 0. The average molecular weight is 233 g/mol. The molecule has 0 radical (unpaired) electrons. The Bertz CT molecular complexity index is 839. The van der Waals surface area contributed by atoms with E-state index in [1.54, 1.807) is 0 Å². The fraction of sp³-hybridized carbons (Fsp3) is 0. The quantitative estimate of drug-likeness (QED) is 0.517. The number of pyridine rings is 1. The van der Waals surface area contributed by atoms with Gasteiger partial charge in [-0.1, -0.05) is 12.1 Å². The van der Waals surface area contributed by atoms with Crippen LogP contribution >= 0.6 is 0 Å². The smallest absolute Gasteiger partial charge is 0.137 e. The van der Waals surface area contributed by atoms with Crippen LogP contribution in [-0.4, -0.2) is 15.0 Å². The van der Waals surface area contributed by atoms with Crippen LogP contribution in [0.1, 0.15) is 0 Å². The summed E-state index contributed by atoms with van der Waals surface area (Å²) in [4.78, 5) is 10.7. The zero-order valence-corrected chi connectivity index (χ0v) is 9.64. The molecule has 0 aliphatic heterocycles. The lowest BCUT2D eigenvalue weighted by atomic mass is 10.0. The summed E-state index contributed by atoms with van der Waals surface area (Å²) in [6.45, 7) is 0. The van der Waals surface area contributed by atoms with Crippen LogP contribution in [0, 0.1) is 0 Å². The van der Waals surface area contributed by atoms with Gasteiger partial charge >= 0.3 is 0 Å². The number of aromatic nitrogens is 3. The van der Waals surface area contributed by atoms with Crippen molar-refractivity contribution < 1.29 is 0 Å². The first-order valence-corrected chi connectivity index (χ1v) is 5.91. The Labute approximate surface area is 103 Å². The lowest BCUT2D eigenvalue weighted by Crippen LogP contribution is -1.82. The fourth-order valence-electron chi connectivity index (χ4n) is 2.43. The summed E-state index contributed by atoms with van der Waals surface area (Å²) in [5, 5.41) is 2.39. The largest absolute Gasteiger partial charge is 0.361 e. The molecular weight excluding hydrogens is 222 g/mol. The van der Waals surface area contributed by atoms with Crippen molar-refractivity contribution in [2.24, 2.45) is 0 Å². The van der Waals surface area contributed by atoms with Crippen LogP contribution in [0.3, 0.4) is 0 Å². The maximum atomic E-state index is 4.32. The molecule has 3 nitrogen and oxygen atoms in total. The summed E-state index contributed by atoms with van der Waals surface area (Å²) < 4.78 is 0. The van der Waals surface area contributed by atoms with Crippen molar-refractivity contribution >= 4 is 21.9 Å². The highest BCUT2D eigenvalue weighted by Crippen LogP contribution is 2.28. The van der Waals surface area contributed by atoms with Crippen LogP contribution < -0.4 is 0 Å². The van der Waals surface area contributed by atoms with Crippen LogP contribution in [0.5, 0.6) is 0 Å². The Kier molecular flexibility index (Phi) is 1.83. The minimum absolute atomic E-state index is 0.930. The minimum atomic E-state index is 0.930. The molecule has 4 rings (SSSR count). The van der Waals surface area contributed by atoms with Crippen molar-refractivity contribution in [2.45, 2.75) is 0 Å². The summed E-state index contributed by atoms with van der Waals surface area (Å²) in [5.74, 6) is 0. The van der Waals surface area contributed by atoms with E-state index in [9.17, 15) is 0 Å². The van der Waals surface area contributed by atoms with Gasteiger partial charge in [0, 0.05) is 29.5 Å². The van der Waals surface area contributed by atoms with Gasteiger partial charge in [-0.2, -0.15) is 0 Å². The molecule has 3 heterocycles. The van der Waals surface area contributed by atoms with Crippen LogP contribution in [0.25, 0.3) is 33.1 Å². The van der Waals surface area contributed by atoms with Gasteiger partial charge in [0.2, 0.25) is 0 Å². The first-order valence-electron chi connectivity index (χ1n) is 5.91. The molecule has 1 aromatic carbocycles. The van der Waals surface area contributed by atoms with E-state index in [0.717, 1.165) is 16.6 Å². The third-order valence-electron chi connectivity index (χ3n) is 3.33. The molecule has 0 unspecified atom stereocenters. The molecule has 3 aromatic heterocycles. The number of H-pyrrole nitrogens is 2. The van der Waals surface area contributed by atoms with Gasteiger partial charge in [0.05, 0.1) is 0 Å². The molecule has 0 aliphatic rings. The standard InChI is InChI=1S/C15H11N3/c1-2-11(9-14-10(1)3-6-16-14)12-4-7-17-15-13(12)5-8-18-15/h1-9,16H,(H,17,18). The van der Waals surface area contributed by atoms with E-state index in [1.165, 1.54) is 16.5 Å². The van der Waals surface area contributed by atoms with E-state index in [0.29, 0.717) is 0 Å². The molecule has 0 amide bonds. The maximum Gasteiger partial charge on any atom is 0.137 e. The Morgan fingerprint density at radius 1 is 0.889 bits per heavy atom. The molecular formula is C15H11N3. The average Bonchev–Trinajstić information content (AvgIpc) is 3.05. The van der Waals surface area contributed by atoms with Gasteiger partial charge < -0.3 is 9.97 Å². The maximum absolute atomic E-state index is 4.32. The number of nitrogens with zero attached hydrogens (tertiary/aromatic N) is 1. The van der Waals surface area contributed by atoms with E-state index in [1.807, 2.05) is 18.6 Å². The van der Waals surface area contributed by atoms with Crippen molar-refractivity contribution in [1.29, 1.82) is 0 Å². The SMILES string of the molecule is c1cc(-c2ccc3cc[nH]c3c2)c2cc[nH]c2n1. The van der Waals surface area contributed by atoms with Gasteiger partial charge in [-0.05, 0) is 40.8 Å². The Hall–Kier alpha value is -2.55. The van der Waals surface area contributed by atoms with Crippen molar-refractivity contribution in [3.05, 3.63) is 55.0 Å². The molecule has 0 aliphatic carbocycles. The number of nitrogens with one attached hydrogen (secondary N) is 2. The zero-order chi connectivity index (χ0) is 11.9. The zero-order valence-electron chi connectivity index (χ0n) is 9.64. The molecule has 18 heavy (non-hydrogen) atoms. The van der Waals surface area contributed by atoms with Crippen LogP contribution in [-0.2, 0) is 0 Å². The molecule has 0 fully saturated rings. The van der Waals surface area contributed by atoms with Crippen LogP contribution in [0.4, 0.5) is 0 Å². The Morgan fingerprint density at radius 2 is 1.83 bits per heavy atom. The third-order valence-corrected chi connectivity index (χ3v) is 3.33. The molecule has 0 bridgehead atoms. The number of fused-ring (bicyclic) bond motifs is 2. The highest BCUT2D eigenvalue weighted by molar-refractivity contribution is 5.95. The van der Waals surface area contributed by atoms with E-state index in [2.05, 4.69) is 51.4 Å². The van der Waals surface area contributed by atoms with Crippen molar-refractivity contribution in [1.82, 2.24) is 15.0 Å². The highest BCUT2D eigenvalue weighted by atomic mass is 14.8. The number of hydrogen-bond donors (Lipinski definition) is 2. The predicted molar refractivity (Wildman–Crippen MR) is 73.4 cm³/mol. The summed E-state index contributed by atoms with van der Waals surface area (Å²) in [5.41, 5.74) is 4.50. The minimum Gasteiger partial charge on any atom is -0.361 e. The van der Waals surface area contributed by atoms with Gasteiger partial charge in [-0.15, -0.1) is 0 Å². The number of aromatic amines is 2. The highest BCUT2D eigenvalue weighted by Gasteiger charge is 2.06. The van der Waals surface area contributed by atoms with E-state index in [-0.39, 0.29) is 0 Å². The van der Waals surface area contributed by atoms with E-state index in [4.69, 9.17) is 0 Å². The van der Waals surface area contributed by atoms with Crippen LogP contribution in [0.2, 0.25) is 0 Å². The lowest BCUT2D eigenvalue weighted by Gasteiger charge is -2.03. The molecule has 2 N–H and O–H groups in total. The lowest BCUT2D eigenvalue weighted by molar-refractivity contribution is 1.33. The summed E-state index contributed by atoms with van der Waals surface area (Å²) in [6, 6.07) is 12.7. The van der Waals surface area contributed by atoms with Gasteiger partial charge in [-0.25, -0.2) is 4.98 Å². The predicted octanol–water partition coefficient (Wildman–Crippen LogP) is 3.71.